The number of hydrogen-bond donors (Lipinski definition) is 1. The van der Waals surface area contributed by atoms with Crippen molar-refractivity contribution in [1.29, 1.82) is 0 Å². The van der Waals surface area contributed by atoms with Crippen LogP contribution in [0, 0.1) is 5.82 Å². The van der Waals surface area contributed by atoms with Gasteiger partial charge in [0.1, 0.15) is 18.1 Å². The zero-order valence-corrected chi connectivity index (χ0v) is 14.3. The summed E-state index contributed by atoms with van der Waals surface area (Å²) in [5, 5.41) is 10.2. The minimum absolute atomic E-state index is 0.144. The first-order valence-corrected chi connectivity index (χ1v) is 8.17. The van der Waals surface area contributed by atoms with E-state index in [0.29, 0.717) is 18.0 Å². The van der Waals surface area contributed by atoms with Gasteiger partial charge in [0.15, 0.2) is 6.10 Å². The number of halogens is 1. The van der Waals surface area contributed by atoms with Crippen LogP contribution in [0.4, 0.5) is 10.1 Å². The van der Waals surface area contributed by atoms with Gasteiger partial charge in [0.25, 0.3) is 5.91 Å². The summed E-state index contributed by atoms with van der Waals surface area (Å²) in [7, 11) is 1.53. The smallest absolute Gasteiger partial charge is 0.256 e. The van der Waals surface area contributed by atoms with Gasteiger partial charge in [0, 0.05) is 13.1 Å². The van der Waals surface area contributed by atoms with E-state index in [1.807, 2.05) is 6.07 Å². The fourth-order valence-corrected chi connectivity index (χ4v) is 2.93. The van der Waals surface area contributed by atoms with Crippen molar-refractivity contribution in [2.45, 2.75) is 6.10 Å². The van der Waals surface area contributed by atoms with Crippen molar-refractivity contribution in [2.75, 3.05) is 31.6 Å². The van der Waals surface area contributed by atoms with Gasteiger partial charge < -0.3 is 19.6 Å². The Hall–Kier alpha value is -2.93. The molecule has 0 aliphatic carbocycles. The number of carbonyl (C=O) groups excluding carboxylic acids is 2. The third-order valence-electron chi connectivity index (χ3n) is 4.33. The van der Waals surface area contributed by atoms with E-state index in [1.54, 1.807) is 23.1 Å². The van der Waals surface area contributed by atoms with Gasteiger partial charge in [-0.2, -0.15) is 0 Å². The molecular weight excluding hydrogens is 339 g/mol. The molecule has 0 radical (unpaired) electrons. The van der Waals surface area contributed by atoms with Crippen LogP contribution in [0.15, 0.2) is 48.5 Å². The van der Waals surface area contributed by atoms with Gasteiger partial charge in [0.05, 0.1) is 12.8 Å². The standard InChI is InChI=1S/C19H19FN2O4/c1-26-16-5-3-2-4-15(16)22-11-10-21(12-17(22)23)19(25)18(24)13-6-8-14(20)9-7-13/h2-9,18,24H,10-12H2,1H3/t18-/m1/s1. The molecule has 136 valence electrons. The highest BCUT2D eigenvalue weighted by molar-refractivity contribution is 5.99. The van der Waals surface area contributed by atoms with Gasteiger partial charge >= 0.3 is 0 Å². The molecule has 1 aliphatic heterocycles. The van der Waals surface area contributed by atoms with Gasteiger partial charge in [-0.25, -0.2) is 4.39 Å². The Morgan fingerprint density at radius 2 is 1.85 bits per heavy atom. The zero-order valence-electron chi connectivity index (χ0n) is 14.3. The van der Waals surface area contributed by atoms with Crippen molar-refractivity contribution in [2.24, 2.45) is 0 Å². The van der Waals surface area contributed by atoms with E-state index < -0.39 is 17.8 Å². The van der Waals surface area contributed by atoms with Crippen molar-refractivity contribution in [1.82, 2.24) is 4.90 Å². The minimum atomic E-state index is -1.43. The molecule has 0 aromatic heterocycles. The summed E-state index contributed by atoms with van der Waals surface area (Å²) in [6, 6.07) is 12.2. The van der Waals surface area contributed by atoms with Crippen LogP contribution in [-0.4, -0.2) is 48.6 Å². The molecule has 1 saturated heterocycles. The van der Waals surface area contributed by atoms with E-state index in [-0.39, 0.29) is 24.6 Å². The zero-order chi connectivity index (χ0) is 18.7. The molecule has 2 amide bonds. The Morgan fingerprint density at radius 3 is 2.50 bits per heavy atom. The van der Waals surface area contributed by atoms with Crippen LogP contribution in [-0.2, 0) is 9.59 Å². The maximum Gasteiger partial charge on any atom is 0.256 e. The maximum atomic E-state index is 13.0. The normalized spacial score (nSPS) is 15.7. The molecule has 1 fully saturated rings. The number of carbonyl (C=O) groups is 2. The van der Waals surface area contributed by atoms with Crippen molar-refractivity contribution < 1.29 is 23.8 Å². The number of methoxy groups -OCH3 is 1. The highest BCUT2D eigenvalue weighted by Gasteiger charge is 2.32. The lowest BCUT2D eigenvalue weighted by Gasteiger charge is -2.35. The largest absolute Gasteiger partial charge is 0.495 e. The molecule has 1 N–H and O–H groups in total. The number of anilines is 1. The number of piperazine rings is 1. The van der Waals surface area contributed by atoms with E-state index in [9.17, 15) is 19.1 Å². The molecule has 3 rings (SSSR count). The van der Waals surface area contributed by atoms with Crippen LogP contribution >= 0.6 is 0 Å². The van der Waals surface area contributed by atoms with Gasteiger partial charge in [-0.3, -0.25) is 9.59 Å². The molecule has 0 bridgehead atoms. The van der Waals surface area contributed by atoms with Gasteiger partial charge in [-0.05, 0) is 29.8 Å². The summed E-state index contributed by atoms with van der Waals surface area (Å²) in [5.41, 5.74) is 0.933. The third kappa shape index (κ3) is 3.52. The highest BCUT2D eigenvalue weighted by atomic mass is 19.1. The Bertz CT molecular complexity index is 809. The predicted octanol–water partition coefficient (Wildman–Crippen LogP) is 1.74. The predicted molar refractivity (Wildman–Crippen MR) is 93.3 cm³/mol. The average Bonchev–Trinajstić information content (AvgIpc) is 2.67. The van der Waals surface area contributed by atoms with E-state index in [0.717, 1.165) is 0 Å². The number of ether oxygens (including phenoxy) is 1. The second-order valence-electron chi connectivity index (χ2n) is 5.93. The first-order chi connectivity index (χ1) is 12.5. The maximum absolute atomic E-state index is 13.0. The Balaban J connectivity index is 1.71. The fourth-order valence-electron chi connectivity index (χ4n) is 2.93. The van der Waals surface area contributed by atoms with E-state index >= 15 is 0 Å². The molecule has 1 heterocycles. The van der Waals surface area contributed by atoms with Crippen LogP contribution in [0.3, 0.4) is 0 Å². The topological polar surface area (TPSA) is 70.1 Å². The fraction of sp³-hybridized carbons (Fsp3) is 0.263. The molecular formula is C19H19FN2O4. The molecule has 0 unspecified atom stereocenters. The van der Waals surface area contributed by atoms with Crippen LogP contribution in [0.5, 0.6) is 5.75 Å². The number of hydrogen-bond acceptors (Lipinski definition) is 4. The SMILES string of the molecule is COc1ccccc1N1CCN(C(=O)[C@H](O)c2ccc(F)cc2)CC1=O. The van der Waals surface area contributed by atoms with E-state index in [2.05, 4.69) is 0 Å². The molecule has 26 heavy (non-hydrogen) atoms. The Morgan fingerprint density at radius 1 is 1.15 bits per heavy atom. The molecule has 7 heteroatoms. The number of benzene rings is 2. The Labute approximate surface area is 150 Å². The van der Waals surface area contributed by atoms with Crippen molar-refractivity contribution in [3.05, 3.63) is 59.9 Å². The third-order valence-corrected chi connectivity index (χ3v) is 4.33. The molecule has 0 spiro atoms. The Kier molecular flexibility index (Phi) is 5.18. The summed E-state index contributed by atoms with van der Waals surface area (Å²) >= 11 is 0. The first kappa shape index (κ1) is 17.9. The van der Waals surface area contributed by atoms with E-state index in [4.69, 9.17) is 4.74 Å². The number of nitrogens with zero attached hydrogens (tertiary/aromatic N) is 2. The summed E-state index contributed by atoms with van der Waals surface area (Å²) in [5.74, 6) is -0.717. The molecule has 6 nitrogen and oxygen atoms in total. The minimum Gasteiger partial charge on any atom is -0.495 e. The summed E-state index contributed by atoms with van der Waals surface area (Å²) < 4.78 is 18.3. The molecule has 2 aromatic carbocycles. The number of aliphatic hydroxyl groups is 1. The van der Waals surface area contributed by atoms with Crippen molar-refractivity contribution in [3.8, 4) is 5.75 Å². The van der Waals surface area contributed by atoms with Crippen molar-refractivity contribution in [3.63, 3.8) is 0 Å². The van der Waals surface area contributed by atoms with Gasteiger partial charge in [0.2, 0.25) is 5.91 Å². The lowest BCUT2D eigenvalue weighted by Crippen LogP contribution is -2.53. The summed E-state index contributed by atoms with van der Waals surface area (Å²) in [6.45, 7) is 0.428. The van der Waals surface area contributed by atoms with Gasteiger partial charge in [-0.15, -0.1) is 0 Å². The lowest BCUT2D eigenvalue weighted by molar-refractivity contribution is -0.144. The summed E-state index contributed by atoms with van der Waals surface area (Å²) in [6.07, 6.45) is -1.43. The monoisotopic (exact) mass is 358 g/mol. The van der Waals surface area contributed by atoms with Crippen LogP contribution in [0.1, 0.15) is 11.7 Å². The molecule has 1 aliphatic rings. The van der Waals surface area contributed by atoms with Crippen LogP contribution < -0.4 is 9.64 Å². The number of rotatable bonds is 4. The quantitative estimate of drug-likeness (QED) is 0.904. The van der Waals surface area contributed by atoms with Gasteiger partial charge in [-0.1, -0.05) is 24.3 Å². The summed E-state index contributed by atoms with van der Waals surface area (Å²) in [4.78, 5) is 27.9. The van der Waals surface area contributed by atoms with Crippen molar-refractivity contribution >= 4 is 17.5 Å². The molecule has 2 aromatic rings. The number of aliphatic hydroxyl groups excluding tert-OH is 1. The number of para-hydroxylation sites is 2. The van der Waals surface area contributed by atoms with E-state index in [1.165, 1.54) is 36.3 Å². The number of amides is 2. The second-order valence-corrected chi connectivity index (χ2v) is 5.93. The highest BCUT2D eigenvalue weighted by Crippen LogP contribution is 2.29. The van der Waals surface area contributed by atoms with Crippen LogP contribution in [0.2, 0.25) is 0 Å². The average molecular weight is 358 g/mol. The van der Waals surface area contributed by atoms with Crippen LogP contribution in [0.25, 0.3) is 0 Å². The molecule has 0 saturated carbocycles. The molecule has 1 atom stereocenters. The lowest BCUT2D eigenvalue weighted by atomic mass is 10.1. The first-order valence-electron chi connectivity index (χ1n) is 8.17. The second kappa shape index (κ2) is 7.53.